The minimum atomic E-state index is -1.31. The Morgan fingerprint density at radius 3 is 2.53 bits per heavy atom. The molecule has 3 rings (SSSR count). The van der Waals surface area contributed by atoms with Gasteiger partial charge in [-0.1, -0.05) is 30.3 Å². The molecule has 0 saturated heterocycles. The van der Waals surface area contributed by atoms with Gasteiger partial charge in [-0.25, -0.2) is 9.48 Å². The van der Waals surface area contributed by atoms with E-state index in [1.54, 1.807) is 48.5 Å². The largest absolute Gasteiger partial charge is 0.481 e. The lowest BCUT2D eigenvalue weighted by molar-refractivity contribution is -0.139. The minimum Gasteiger partial charge on any atom is -0.481 e. The van der Waals surface area contributed by atoms with E-state index in [0.29, 0.717) is 10.8 Å². The van der Waals surface area contributed by atoms with Crippen LogP contribution in [0, 0.1) is 0 Å². The van der Waals surface area contributed by atoms with Crippen LogP contribution in [-0.2, 0) is 27.5 Å². The number of carbonyl (C=O) groups excluding carboxylic acids is 2. The van der Waals surface area contributed by atoms with Gasteiger partial charge >= 0.3 is 12.1 Å². The van der Waals surface area contributed by atoms with Gasteiger partial charge in [0.05, 0.1) is 6.42 Å². The molecular formula is C20H20N6O5S. The fraction of sp³-hybridized carbons (Fsp3) is 0.200. The molecule has 0 aliphatic heterocycles. The van der Waals surface area contributed by atoms with Crippen LogP contribution in [0.4, 0.5) is 10.5 Å². The van der Waals surface area contributed by atoms with Crippen LogP contribution >= 0.6 is 11.8 Å². The van der Waals surface area contributed by atoms with Crippen molar-refractivity contribution in [1.82, 2.24) is 25.5 Å². The van der Waals surface area contributed by atoms with Crippen LogP contribution in [0.2, 0.25) is 0 Å². The molecule has 0 aliphatic carbocycles. The number of aliphatic carboxylic acids is 1. The predicted molar refractivity (Wildman–Crippen MR) is 114 cm³/mol. The van der Waals surface area contributed by atoms with Gasteiger partial charge in [-0.05, 0) is 52.0 Å². The summed E-state index contributed by atoms with van der Waals surface area (Å²) in [6.07, 6.45) is -1.51. The number of alkyl carbamates (subject to hydrolysis) is 1. The molecule has 2 aromatic carbocycles. The molecular weight excluding hydrogens is 436 g/mol. The van der Waals surface area contributed by atoms with Gasteiger partial charge in [0.1, 0.15) is 19.2 Å². The van der Waals surface area contributed by atoms with Gasteiger partial charge in [-0.3, -0.25) is 9.59 Å². The van der Waals surface area contributed by atoms with Crippen LogP contribution in [0.5, 0.6) is 0 Å². The smallest absolute Gasteiger partial charge is 0.408 e. The second kappa shape index (κ2) is 10.9. The van der Waals surface area contributed by atoms with E-state index < -0.39 is 30.3 Å². The van der Waals surface area contributed by atoms with E-state index in [9.17, 15) is 14.4 Å². The van der Waals surface area contributed by atoms with E-state index in [1.807, 2.05) is 6.07 Å². The first-order valence-corrected chi connectivity index (χ1v) is 10.2. The Bertz CT molecular complexity index is 1070. The van der Waals surface area contributed by atoms with Crippen molar-refractivity contribution in [1.29, 1.82) is 0 Å². The minimum absolute atomic E-state index is 0.0178. The number of carboxylic acids is 1. The zero-order valence-electron chi connectivity index (χ0n) is 16.7. The number of tetrazole rings is 1. The summed E-state index contributed by atoms with van der Waals surface area (Å²) in [5.74, 6) is -1.84. The van der Waals surface area contributed by atoms with Gasteiger partial charge in [0.2, 0.25) is 5.16 Å². The molecule has 32 heavy (non-hydrogen) atoms. The number of ketones is 1. The average molecular weight is 456 g/mol. The Morgan fingerprint density at radius 2 is 1.84 bits per heavy atom. The maximum atomic E-state index is 12.7. The molecule has 1 atom stereocenters. The number of carbonyl (C=O) groups is 3. The Balaban J connectivity index is 1.62. The molecule has 0 spiro atoms. The number of nitrogen functional groups attached to an aromatic ring is 1. The second-order valence-electron chi connectivity index (χ2n) is 6.61. The van der Waals surface area contributed by atoms with Gasteiger partial charge in [0.15, 0.2) is 5.78 Å². The van der Waals surface area contributed by atoms with Gasteiger partial charge in [0.25, 0.3) is 0 Å². The van der Waals surface area contributed by atoms with Crippen LogP contribution < -0.4 is 11.1 Å². The molecule has 0 fully saturated rings. The SMILES string of the molecule is Nc1ccc(Sc2nnnn2CC(=O)C(CC(=O)O)NC(=O)OCc2ccccc2)cc1. The highest BCUT2D eigenvalue weighted by Crippen LogP contribution is 2.25. The number of Topliss-reactive ketones (excluding diaryl/α,β-unsaturated/α-hetero) is 1. The van der Waals surface area contributed by atoms with E-state index in [2.05, 4.69) is 20.8 Å². The summed E-state index contributed by atoms with van der Waals surface area (Å²) in [6.45, 7) is -0.350. The zero-order chi connectivity index (χ0) is 22.9. The van der Waals surface area contributed by atoms with E-state index in [0.717, 1.165) is 10.5 Å². The monoisotopic (exact) mass is 456 g/mol. The summed E-state index contributed by atoms with van der Waals surface area (Å²) in [5, 5.41) is 23.0. The van der Waals surface area contributed by atoms with Gasteiger partial charge in [0, 0.05) is 10.6 Å². The molecule has 0 aliphatic rings. The van der Waals surface area contributed by atoms with Crippen molar-refractivity contribution in [3.8, 4) is 0 Å². The quantitative estimate of drug-likeness (QED) is 0.383. The van der Waals surface area contributed by atoms with Crippen molar-refractivity contribution in [2.75, 3.05) is 5.73 Å². The molecule has 1 amide bonds. The summed E-state index contributed by atoms with van der Waals surface area (Å²) in [5.41, 5.74) is 7.03. The standard InChI is InChI=1S/C20H20N6O5S/c21-14-6-8-15(9-7-14)32-19-23-24-25-26(19)11-17(27)16(10-18(28)29)22-20(30)31-12-13-4-2-1-3-5-13/h1-9,16H,10-12,21H2,(H,22,30)(H,28,29). The van der Waals surface area contributed by atoms with E-state index >= 15 is 0 Å². The summed E-state index contributed by atoms with van der Waals surface area (Å²) >= 11 is 1.21. The number of nitrogens with two attached hydrogens (primary N) is 1. The molecule has 0 saturated carbocycles. The highest BCUT2D eigenvalue weighted by molar-refractivity contribution is 7.99. The first-order chi connectivity index (χ1) is 15.4. The molecule has 0 bridgehead atoms. The Labute approximate surface area is 186 Å². The Hall–Kier alpha value is -3.93. The van der Waals surface area contributed by atoms with Crippen molar-refractivity contribution in [2.45, 2.75) is 35.7 Å². The molecule has 3 aromatic rings. The molecule has 11 nitrogen and oxygen atoms in total. The van der Waals surface area contributed by atoms with Crippen molar-refractivity contribution in [3.05, 3.63) is 60.2 Å². The van der Waals surface area contributed by atoms with Gasteiger partial charge in [-0.2, -0.15) is 0 Å². The lowest BCUT2D eigenvalue weighted by atomic mass is 10.1. The van der Waals surface area contributed by atoms with E-state index in [1.165, 1.54) is 16.4 Å². The Kier molecular flexibility index (Phi) is 7.75. The predicted octanol–water partition coefficient (Wildman–Crippen LogP) is 1.75. The number of aromatic nitrogens is 4. The van der Waals surface area contributed by atoms with Crippen LogP contribution in [-0.4, -0.2) is 49.2 Å². The van der Waals surface area contributed by atoms with Gasteiger partial charge < -0.3 is 20.9 Å². The molecule has 1 aromatic heterocycles. The van der Waals surface area contributed by atoms with Crippen LogP contribution in [0.25, 0.3) is 0 Å². The average Bonchev–Trinajstić information content (AvgIpc) is 3.20. The third-order valence-electron chi connectivity index (χ3n) is 4.17. The highest BCUT2D eigenvalue weighted by atomic mass is 32.2. The maximum Gasteiger partial charge on any atom is 0.408 e. The molecule has 4 N–H and O–H groups in total. The number of amides is 1. The van der Waals surface area contributed by atoms with Gasteiger partial charge in [-0.15, -0.1) is 5.10 Å². The molecule has 0 radical (unpaired) electrons. The fourth-order valence-corrected chi connectivity index (χ4v) is 3.36. The van der Waals surface area contributed by atoms with E-state index in [-0.39, 0.29) is 13.2 Å². The number of carboxylic acid groups (broad SMARTS) is 1. The van der Waals surface area contributed by atoms with Crippen LogP contribution in [0.15, 0.2) is 64.6 Å². The maximum absolute atomic E-state index is 12.7. The fourth-order valence-electron chi connectivity index (χ4n) is 2.59. The molecule has 1 unspecified atom stereocenters. The number of nitrogens with one attached hydrogen (secondary N) is 1. The number of anilines is 1. The third-order valence-corrected chi connectivity index (χ3v) is 5.15. The van der Waals surface area contributed by atoms with E-state index in [4.69, 9.17) is 15.6 Å². The summed E-state index contributed by atoms with van der Waals surface area (Å²) in [4.78, 5) is 36.8. The highest BCUT2D eigenvalue weighted by Gasteiger charge is 2.26. The summed E-state index contributed by atoms with van der Waals surface area (Å²) in [7, 11) is 0. The van der Waals surface area contributed by atoms with Crippen molar-refractivity contribution in [2.24, 2.45) is 0 Å². The first-order valence-electron chi connectivity index (χ1n) is 9.42. The zero-order valence-corrected chi connectivity index (χ0v) is 17.6. The number of rotatable bonds is 10. The number of hydrogen-bond donors (Lipinski definition) is 3. The summed E-state index contributed by atoms with van der Waals surface area (Å²) < 4.78 is 6.31. The Morgan fingerprint density at radius 1 is 1.12 bits per heavy atom. The lowest BCUT2D eigenvalue weighted by Gasteiger charge is -2.16. The normalized spacial score (nSPS) is 11.5. The first kappa shape index (κ1) is 22.7. The molecule has 12 heteroatoms. The van der Waals surface area contributed by atoms with Crippen molar-refractivity contribution < 1.29 is 24.2 Å². The number of nitrogens with zero attached hydrogens (tertiary/aromatic N) is 4. The lowest BCUT2D eigenvalue weighted by Crippen LogP contribution is -2.44. The third kappa shape index (κ3) is 6.80. The van der Waals surface area contributed by atoms with Crippen LogP contribution in [0.3, 0.4) is 0 Å². The summed E-state index contributed by atoms with van der Waals surface area (Å²) in [6, 6.07) is 14.6. The number of benzene rings is 2. The van der Waals surface area contributed by atoms with Crippen molar-refractivity contribution >= 4 is 35.3 Å². The van der Waals surface area contributed by atoms with Crippen LogP contribution in [0.1, 0.15) is 12.0 Å². The second-order valence-corrected chi connectivity index (χ2v) is 7.65. The van der Waals surface area contributed by atoms with Crippen molar-refractivity contribution in [3.63, 3.8) is 0 Å². The topological polar surface area (TPSA) is 162 Å². The molecule has 1 heterocycles. The number of ether oxygens (including phenoxy) is 1. The molecule has 166 valence electrons. The number of hydrogen-bond acceptors (Lipinski definition) is 9.